The van der Waals surface area contributed by atoms with Crippen molar-refractivity contribution in [1.29, 1.82) is 0 Å². The fraction of sp³-hybridized carbons (Fsp3) is 0.333. The van der Waals surface area contributed by atoms with E-state index in [9.17, 15) is 14.4 Å². The van der Waals surface area contributed by atoms with Crippen molar-refractivity contribution < 1.29 is 24.2 Å². The fourth-order valence-corrected chi connectivity index (χ4v) is 3.24. The van der Waals surface area contributed by atoms with Crippen molar-refractivity contribution in [2.45, 2.75) is 32.6 Å². The van der Waals surface area contributed by atoms with Crippen molar-refractivity contribution in [2.75, 3.05) is 13.1 Å². The number of aromatic nitrogens is 1. The molecule has 1 aromatic carbocycles. The molecule has 2 amide bonds. The fourth-order valence-electron chi connectivity index (χ4n) is 3.24. The van der Waals surface area contributed by atoms with Crippen molar-refractivity contribution in [2.24, 2.45) is 0 Å². The monoisotopic (exact) mass is 397 g/mol. The van der Waals surface area contributed by atoms with Gasteiger partial charge in [-0.25, -0.2) is 9.78 Å². The number of hydrogen-bond acceptors (Lipinski definition) is 5. The molecule has 8 heteroatoms. The SMILES string of the molecule is CC1CN(C(=O)c2ccc(CNC(=O)c3cccc(C(=O)O)n3)cc2)CC(C)O1. The molecular formula is C21H23N3O5. The summed E-state index contributed by atoms with van der Waals surface area (Å²) in [6.07, 6.45) is 0.0100. The van der Waals surface area contributed by atoms with E-state index in [0.29, 0.717) is 18.7 Å². The Morgan fingerprint density at radius 2 is 1.69 bits per heavy atom. The number of aromatic carboxylic acids is 1. The Morgan fingerprint density at radius 3 is 2.31 bits per heavy atom. The average molecular weight is 397 g/mol. The van der Waals surface area contributed by atoms with Gasteiger partial charge in [-0.15, -0.1) is 0 Å². The molecule has 0 spiro atoms. The van der Waals surface area contributed by atoms with Gasteiger partial charge in [-0.3, -0.25) is 9.59 Å². The second kappa shape index (κ2) is 8.83. The lowest BCUT2D eigenvalue weighted by atomic mass is 10.1. The Balaban J connectivity index is 1.59. The highest BCUT2D eigenvalue weighted by atomic mass is 16.5. The van der Waals surface area contributed by atoms with Gasteiger partial charge in [0.05, 0.1) is 12.2 Å². The van der Waals surface area contributed by atoms with Crippen LogP contribution in [-0.4, -0.2) is 58.1 Å². The maximum Gasteiger partial charge on any atom is 0.354 e. The number of carboxylic acids is 1. The first-order chi connectivity index (χ1) is 13.8. The molecule has 0 aliphatic carbocycles. The number of pyridine rings is 1. The summed E-state index contributed by atoms with van der Waals surface area (Å²) < 4.78 is 5.66. The van der Waals surface area contributed by atoms with Crippen molar-refractivity contribution in [3.8, 4) is 0 Å². The minimum atomic E-state index is -1.19. The van der Waals surface area contributed by atoms with E-state index in [4.69, 9.17) is 9.84 Å². The summed E-state index contributed by atoms with van der Waals surface area (Å²) >= 11 is 0. The number of rotatable bonds is 5. The largest absolute Gasteiger partial charge is 0.477 e. The number of carbonyl (C=O) groups is 3. The maximum atomic E-state index is 12.7. The van der Waals surface area contributed by atoms with Crippen LogP contribution in [0.1, 0.15) is 50.7 Å². The first-order valence-corrected chi connectivity index (χ1v) is 9.35. The van der Waals surface area contributed by atoms with E-state index in [0.717, 1.165) is 5.56 Å². The third-order valence-electron chi connectivity index (χ3n) is 4.56. The molecule has 1 aliphatic rings. The van der Waals surface area contributed by atoms with Crippen LogP contribution in [0.15, 0.2) is 42.5 Å². The van der Waals surface area contributed by atoms with Crippen LogP contribution in [-0.2, 0) is 11.3 Å². The van der Waals surface area contributed by atoms with E-state index in [2.05, 4.69) is 10.3 Å². The average Bonchev–Trinajstić information content (AvgIpc) is 2.71. The summed E-state index contributed by atoms with van der Waals surface area (Å²) in [6.45, 7) is 5.25. The van der Waals surface area contributed by atoms with Crippen molar-refractivity contribution in [3.63, 3.8) is 0 Å². The number of nitrogens with one attached hydrogen (secondary N) is 1. The summed E-state index contributed by atoms with van der Waals surface area (Å²) in [4.78, 5) is 41.4. The van der Waals surface area contributed by atoms with Crippen LogP contribution in [0.2, 0.25) is 0 Å². The lowest BCUT2D eigenvalue weighted by molar-refractivity contribution is -0.0586. The second-order valence-electron chi connectivity index (χ2n) is 7.06. The van der Waals surface area contributed by atoms with E-state index >= 15 is 0 Å². The predicted octanol–water partition coefficient (Wildman–Crippen LogP) is 1.96. The Labute approximate surface area is 168 Å². The lowest BCUT2D eigenvalue weighted by Gasteiger charge is -2.35. The number of nitrogens with zero attached hydrogens (tertiary/aromatic N) is 2. The Kier molecular flexibility index (Phi) is 6.23. The Morgan fingerprint density at radius 1 is 1.07 bits per heavy atom. The van der Waals surface area contributed by atoms with Gasteiger partial charge in [0.15, 0.2) is 0 Å². The maximum absolute atomic E-state index is 12.7. The van der Waals surface area contributed by atoms with Crippen molar-refractivity contribution >= 4 is 17.8 Å². The zero-order valence-electron chi connectivity index (χ0n) is 16.3. The Bertz CT molecular complexity index is 903. The van der Waals surface area contributed by atoms with Gasteiger partial charge < -0.3 is 20.1 Å². The molecule has 152 valence electrons. The number of ether oxygens (including phenoxy) is 1. The normalized spacial score (nSPS) is 18.9. The van der Waals surface area contributed by atoms with Crippen molar-refractivity contribution in [1.82, 2.24) is 15.2 Å². The molecule has 0 radical (unpaired) electrons. The standard InChI is InChI=1S/C21H23N3O5/c1-13-11-24(12-14(2)29-13)20(26)16-8-6-15(7-9-16)10-22-19(25)17-4-3-5-18(23-17)21(27)28/h3-9,13-14H,10-12H2,1-2H3,(H,22,25)(H,27,28). The van der Waals surface area contributed by atoms with Gasteiger partial charge in [-0.2, -0.15) is 0 Å². The highest BCUT2D eigenvalue weighted by molar-refractivity contribution is 5.95. The van der Waals surface area contributed by atoms with E-state index in [1.165, 1.54) is 18.2 Å². The topological polar surface area (TPSA) is 109 Å². The van der Waals surface area contributed by atoms with Gasteiger partial charge in [-0.05, 0) is 43.7 Å². The third kappa shape index (κ3) is 5.17. The van der Waals surface area contributed by atoms with Gasteiger partial charge in [0.25, 0.3) is 11.8 Å². The first-order valence-electron chi connectivity index (χ1n) is 9.35. The van der Waals surface area contributed by atoms with Gasteiger partial charge >= 0.3 is 5.97 Å². The molecule has 2 heterocycles. The van der Waals surface area contributed by atoms with Crippen LogP contribution < -0.4 is 5.32 Å². The number of hydrogen-bond donors (Lipinski definition) is 2. The van der Waals surface area contributed by atoms with Crippen LogP contribution in [0.4, 0.5) is 0 Å². The van der Waals surface area contributed by atoms with E-state index in [1.54, 1.807) is 29.2 Å². The number of morpholine rings is 1. The molecule has 29 heavy (non-hydrogen) atoms. The molecule has 2 aromatic rings. The molecule has 0 saturated carbocycles. The first kappa shape index (κ1) is 20.5. The molecule has 1 saturated heterocycles. The molecular weight excluding hydrogens is 374 g/mol. The summed E-state index contributed by atoms with van der Waals surface area (Å²) in [6, 6.07) is 11.3. The van der Waals surface area contributed by atoms with Crippen LogP contribution in [0, 0.1) is 0 Å². The molecule has 1 aliphatic heterocycles. The highest BCUT2D eigenvalue weighted by Crippen LogP contribution is 2.15. The summed E-state index contributed by atoms with van der Waals surface area (Å²) in [7, 11) is 0. The molecule has 1 aromatic heterocycles. The second-order valence-corrected chi connectivity index (χ2v) is 7.06. The van der Waals surface area contributed by atoms with Crippen molar-refractivity contribution in [3.05, 3.63) is 65.0 Å². The third-order valence-corrected chi connectivity index (χ3v) is 4.56. The zero-order chi connectivity index (χ0) is 21.0. The Hall–Kier alpha value is -3.26. The number of benzene rings is 1. The quantitative estimate of drug-likeness (QED) is 0.798. The van der Waals surface area contributed by atoms with Crippen LogP contribution in [0.5, 0.6) is 0 Å². The minimum Gasteiger partial charge on any atom is -0.477 e. The smallest absolute Gasteiger partial charge is 0.354 e. The van der Waals surface area contributed by atoms with Crippen LogP contribution >= 0.6 is 0 Å². The molecule has 1 fully saturated rings. The van der Waals surface area contributed by atoms with E-state index in [-0.39, 0.29) is 36.0 Å². The van der Waals surface area contributed by atoms with Crippen LogP contribution in [0.25, 0.3) is 0 Å². The highest BCUT2D eigenvalue weighted by Gasteiger charge is 2.26. The van der Waals surface area contributed by atoms with Gasteiger partial charge in [-0.1, -0.05) is 18.2 Å². The minimum absolute atomic E-state index is 0.00502. The summed E-state index contributed by atoms with van der Waals surface area (Å²) in [5.41, 5.74) is 1.24. The van der Waals surface area contributed by atoms with Crippen LogP contribution in [0.3, 0.4) is 0 Å². The van der Waals surface area contributed by atoms with Gasteiger partial charge in [0.2, 0.25) is 0 Å². The van der Waals surface area contributed by atoms with Gasteiger partial charge in [0.1, 0.15) is 11.4 Å². The van der Waals surface area contributed by atoms with E-state index in [1.807, 2.05) is 13.8 Å². The molecule has 3 rings (SSSR count). The lowest BCUT2D eigenvalue weighted by Crippen LogP contribution is -2.48. The van der Waals surface area contributed by atoms with Gasteiger partial charge in [0, 0.05) is 25.2 Å². The van der Waals surface area contributed by atoms with E-state index < -0.39 is 11.9 Å². The number of carboxylic acid groups (broad SMARTS) is 1. The molecule has 0 bridgehead atoms. The molecule has 8 nitrogen and oxygen atoms in total. The molecule has 2 unspecified atom stereocenters. The number of amides is 2. The molecule has 2 N–H and O–H groups in total. The predicted molar refractivity (Wildman–Crippen MR) is 105 cm³/mol. The summed E-state index contributed by atoms with van der Waals surface area (Å²) in [5.74, 6) is -1.70. The summed E-state index contributed by atoms with van der Waals surface area (Å²) in [5, 5.41) is 11.7. The number of carbonyl (C=O) groups excluding carboxylic acids is 2. The zero-order valence-corrected chi connectivity index (χ0v) is 16.3. The molecule has 2 atom stereocenters.